The molecule has 0 aliphatic carbocycles. The van der Waals surface area contributed by atoms with Gasteiger partial charge in [0.2, 0.25) is 0 Å². The monoisotopic (exact) mass is 232 g/mol. The van der Waals surface area contributed by atoms with E-state index in [0.717, 1.165) is 11.4 Å². The Morgan fingerprint density at radius 2 is 2.00 bits per heavy atom. The molecule has 1 aromatic heterocycles. The fourth-order valence-electron chi connectivity index (χ4n) is 1.55. The molecule has 0 fully saturated rings. The van der Waals surface area contributed by atoms with Crippen LogP contribution in [0.4, 0.5) is 0 Å². The van der Waals surface area contributed by atoms with E-state index in [4.69, 9.17) is 5.73 Å². The molecule has 0 spiro atoms. The third-order valence-corrected chi connectivity index (χ3v) is 3.44. The summed E-state index contributed by atoms with van der Waals surface area (Å²) in [6.07, 6.45) is 2.84. The van der Waals surface area contributed by atoms with E-state index < -0.39 is 0 Å². The van der Waals surface area contributed by atoms with Crippen molar-refractivity contribution < 1.29 is 0 Å². The number of aromatic nitrogens is 1. The number of nitrogens with zero attached hydrogens (tertiary/aromatic N) is 1. The van der Waals surface area contributed by atoms with Crippen LogP contribution in [0.25, 0.3) is 10.6 Å². The van der Waals surface area contributed by atoms with Crippen molar-refractivity contribution in [1.82, 2.24) is 4.98 Å². The molecule has 0 saturated carbocycles. The number of rotatable bonds is 3. The van der Waals surface area contributed by atoms with Crippen LogP contribution in [0, 0.1) is 6.92 Å². The Hall–Kier alpha value is -1.19. The fraction of sp³-hybridized carbons (Fsp3) is 0.308. The minimum Gasteiger partial charge on any atom is -0.328 e. The minimum atomic E-state index is 0.200. The van der Waals surface area contributed by atoms with Crippen LogP contribution in [0.5, 0.6) is 0 Å². The van der Waals surface area contributed by atoms with Gasteiger partial charge in [0.1, 0.15) is 5.01 Å². The predicted octanol–water partition coefficient (Wildman–Crippen LogP) is 3.01. The number of benzene rings is 1. The number of aryl methyl sites for hydroxylation is 1. The Kier molecular flexibility index (Phi) is 3.36. The standard InChI is InChI=1S/C13H16N2S/c1-9-3-5-11(6-4-9)13-15-8-12(16-13)7-10(2)14/h3-6,8,10H,7,14H2,1-2H3. The highest BCUT2D eigenvalue weighted by Crippen LogP contribution is 2.25. The normalized spacial score (nSPS) is 12.7. The van der Waals surface area contributed by atoms with Crippen LogP contribution in [-0.2, 0) is 6.42 Å². The minimum absolute atomic E-state index is 0.200. The molecule has 2 aromatic rings. The second-order valence-electron chi connectivity index (χ2n) is 4.18. The first kappa shape index (κ1) is 11.3. The molecule has 0 aliphatic rings. The van der Waals surface area contributed by atoms with Gasteiger partial charge in [-0.1, -0.05) is 29.8 Å². The Morgan fingerprint density at radius 1 is 1.31 bits per heavy atom. The van der Waals surface area contributed by atoms with Crippen molar-refractivity contribution in [2.45, 2.75) is 26.3 Å². The molecule has 1 atom stereocenters. The second-order valence-corrected chi connectivity index (χ2v) is 5.29. The molecule has 0 aliphatic heterocycles. The maximum absolute atomic E-state index is 5.77. The summed E-state index contributed by atoms with van der Waals surface area (Å²) < 4.78 is 0. The molecule has 2 rings (SSSR count). The van der Waals surface area contributed by atoms with Gasteiger partial charge >= 0.3 is 0 Å². The predicted molar refractivity (Wildman–Crippen MR) is 69.6 cm³/mol. The Morgan fingerprint density at radius 3 is 2.62 bits per heavy atom. The zero-order chi connectivity index (χ0) is 11.5. The third kappa shape index (κ3) is 2.68. The number of thiazole rings is 1. The van der Waals surface area contributed by atoms with Gasteiger partial charge in [-0.05, 0) is 20.3 Å². The highest BCUT2D eigenvalue weighted by atomic mass is 32.1. The third-order valence-electron chi connectivity index (χ3n) is 2.38. The molecule has 3 heteroatoms. The van der Waals surface area contributed by atoms with Crippen LogP contribution >= 0.6 is 11.3 Å². The van der Waals surface area contributed by atoms with Crippen molar-refractivity contribution in [3.05, 3.63) is 40.9 Å². The van der Waals surface area contributed by atoms with Gasteiger partial charge in [-0.25, -0.2) is 4.98 Å². The second kappa shape index (κ2) is 4.76. The lowest BCUT2D eigenvalue weighted by molar-refractivity contribution is 0.745. The van der Waals surface area contributed by atoms with Crippen molar-refractivity contribution in [1.29, 1.82) is 0 Å². The molecule has 2 N–H and O–H groups in total. The first-order valence-corrected chi connectivity index (χ1v) is 6.24. The van der Waals surface area contributed by atoms with Gasteiger partial charge < -0.3 is 5.73 Å². The zero-order valence-corrected chi connectivity index (χ0v) is 10.4. The van der Waals surface area contributed by atoms with E-state index in [-0.39, 0.29) is 6.04 Å². The van der Waals surface area contributed by atoms with Crippen LogP contribution in [-0.4, -0.2) is 11.0 Å². The Labute approximate surface area is 100 Å². The lowest BCUT2D eigenvalue weighted by Crippen LogP contribution is -2.16. The first-order chi connectivity index (χ1) is 7.65. The van der Waals surface area contributed by atoms with Crippen LogP contribution < -0.4 is 5.73 Å². The fourth-order valence-corrected chi connectivity index (χ4v) is 2.61. The summed E-state index contributed by atoms with van der Waals surface area (Å²) >= 11 is 1.73. The summed E-state index contributed by atoms with van der Waals surface area (Å²) in [5, 5.41) is 1.08. The Balaban J connectivity index is 2.21. The summed E-state index contributed by atoms with van der Waals surface area (Å²) in [6.45, 7) is 4.11. The van der Waals surface area contributed by atoms with Gasteiger partial charge in [-0.15, -0.1) is 11.3 Å². The van der Waals surface area contributed by atoms with Gasteiger partial charge in [0.25, 0.3) is 0 Å². The largest absolute Gasteiger partial charge is 0.328 e. The number of nitrogens with two attached hydrogens (primary N) is 1. The maximum Gasteiger partial charge on any atom is 0.123 e. The molecule has 2 nitrogen and oxygen atoms in total. The smallest absolute Gasteiger partial charge is 0.123 e. The molecule has 84 valence electrons. The SMILES string of the molecule is Cc1ccc(-c2ncc(CC(C)N)s2)cc1. The summed E-state index contributed by atoms with van der Waals surface area (Å²) in [4.78, 5) is 5.69. The molecule has 0 radical (unpaired) electrons. The van der Waals surface area contributed by atoms with E-state index in [2.05, 4.69) is 36.2 Å². The van der Waals surface area contributed by atoms with E-state index in [1.165, 1.54) is 16.0 Å². The highest BCUT2D eigenvalue weighted by Gasteiger charge is 2.05. The van der Waals surface area contributed by atoms with Crippen molar-refractivity contribution in [3.8, 4) is 10.6 Å². The quantitative estimate of drug-likeness (QED) is 0.883. The van der Waals surface area contributed by atoms with Crippen molar-refractivity contribution in [3.63, 3.8) is 0 Å². The van der Waals surface area contributed by atoms with Gasteiger partial charge in [0.05, 0.1) is 0 Å². The first-order valence-electron chi connectivity index (χ1n) is 5.42. The lowest BCUT2D eigenvalue weighted by atomic mass is 10.2. The average Bonchev–Trinajstić information content (AvgIpc) is 2.66. The topological polar surface area (TPSA) is 38.9 Å². The summed E-state index contributed by atoms with van der Waals surface area (Å²) in [5.41, 5.74) is 8.23. The van der Waals surface area contributed by atoms with Crippen LogP contribution in [0.2, 0.25) is 0 Å². The van der Waals surface area contributed by atoms with Gasteiger partial charge in [-0.2, -0.15) is 0 Å². The molecule has 0 saturated heterocycles. The van der Waals surface area contributed by atoms with E-state index in [9.17, 15) is 0 Å². The van der Waals surface area contributed by atoms with Gasteiger partial charge in [0, 0.05) is 22.7 Å². The van der Waals surface area contributed by atoms with E-state index >= 15 is 0 Å². The lowest BCUT2D eigenvalue weighted by Gasteiger charge is -1.99. The van der Waals surface area contributed by atoms with E-state index in [0.29, 0.717) is 0 Å². The summed E-state index contributed by atoms with van der Waals surface area (Å²) in [6, 6.07) is 8.66. The maximum atomic E-state index is 5.77. The number of hydrogen-bond donors (Lipinski definition) is 1. The van der Waals surface area contributed by atoms with Gasteiger partial charge in [-0.3, -0.25) is 0 Å². The Bertz CT molecular complexity index is 457. The zero-order valence-electron chi connectivity index (χ0n) is 9.60. The molecule has 1 unspecified atom stereocenters. The van der Waals surface area contributed by atoms with Crippen LogP contribution in [0.1, 0.15) is 17.4 Å². The molecular formula is C13H16N2S. The van der Waals surface area contributed by atoms with E-state index in [1.54, 1.807) is 11.3 Å². The van der Waals surface area contributed by atoms with Crippen molar-refractivity contribution in [2.75, 3.05) is 0 Å². The average molecular weight is 232 g/mol. The number of hydrogen-bond acceptors (Lipinski definition) is 3. The molecular weight excluding hydrogens is 216 g/mol. The molecule has 16 heavy (non-hydrogen) atoms. The highest BCUT2D eigenvalue weighted by molar-refractivity contribution is 7.15. The van der Waals surface area contributed by atoms with Crippen LogP contribution in [0.15, 0.2) is 30.5 Å². The van der Waals surface area contributed by atoms with Crippen molar-refractivity contribution in [2.24, 2.45) is 5.73 Å². The van der Waals surface area contributed by atoms with Crippen molar-refractivity contribution >= 4 is 11.3 Å². The van der Waals surface area contributed by atoms with Gasteiger partial charge in [0.15, 0.2) is 0 Å². The molecule has 0 amide bonds. The summed E-state index contributed by atoms with van der Waals surface area (Å²) in [5.74, 6) is 0. The van der Waals surface area contributed by atoms with Crippen LogP contribution in [0.3, 0.4) is 0 Å². The van der Waals surface area contributed by atoms with E-state index in [1.807, 2.05) is 13.1 Å². The summed E-state index contributed by atoms with van der Waals surface area (Å²) in [7, 11) is 0. The molecule has 1 aromatic carbocycles. The molecule has 1 heterocycles. The molecule has 0 bridgehead atoms.